The predicted octanol–water partition coefficient (Wildman–Crippen LogP) is 3.60. The first kappa shape index (κ1) is 17.0. The lowest BCUT2D eigenvalue weighted by Crippen LogP contribution is -2.21. The molecule has 1 amide bonds. The molecule has 0 saturated carbocycles. The van der Waals surface area contributed by atoms with Gasteiger partial charge >= 0.3 is 0 Å². The molecule has 2 aromatic rings. The number of amides is 1. The quantitative estimate of drug-likeness (QED) is 0.781. The van der Waals surface area contributed by atoms with E-state index in [9.17, 15) is 9.59 Å². The molecule has 23 heavy (non-hydrogen) atoms. The Kier molecular flexibility index (Phi) is 5.76. The molecule has 0 heterocycles. The van der Waals surface area contributed by atoms with Gasteiger partial charge in [0.2, 0.25) is 0 Å². The maximum absolute atomic E-state index is 12.0. The fourth-order valence-electron chi connectivity index (χ4n) is 1.97. The molecule has 0 saturated heterocycles. The molecule has 0 radical (unpaired) electrons. The van der Waals surface area contributed by atoms with E-state index in [4.69, 9.17) is 9.47 Å². The van der Waals surface area contributed by atoms with Crippen molar-refractivity contribution in [2.45, 2.75) is 6.92 Å². The van der Waals surface area contributed by atoms with Gasteiger partial charge in [-0.2, -0.15) is 0 Å². The second-order valence-electron chi connectivity index (χ2n) is 4.82. The Hall–Kier alpha value is -2.34. The number of carbonyl (C=O) groups is 2. The Morgan fingerprint density at radius 3 is 2.70 bits per heavy atom. The van der Waals surface area contributed by atoms with Gasteiger partial charge in [0.1, 0.15) is 11.5 Å². The van der Waals surface area contributed by atoms with Crippen molar-refractivity contribution in [1.29, 1.82) is 0 Å². The number of hydrogen-bond donors (Lipinski definition) is 1. The Balaban J connectivity index is 2.00. The predicted molar refractivity (Wildman–Crippen MR) is 91.4 cm³/mol. The molecule has 0 aliphatic rings. The number of nitrogens with one attached hydrogen (secondary N) is 1. The van der Waals surface area contributed by atoms with Gasteiger partial charge in [-0.1, -0.05) is 15.9 Å². The van der Waals surface area contributed by atoms with Crippen LogP contribution >= 0.6 is 15.9 Å². The minimum absolute atomic E-state index is 0.192. The molecule has 0 aliphatic carbocycles. The number of anilines is 1. The summed E-state index contributed by atoms with van der Waals surface area (Å²) in [5.41, 5.74) is 1.98. The zero-order valence-electron chi connectivity index (χ0n) is 12.8. The molecule has 1 N–H and O–H groups in total. The maximum atomic E-state index is 12.0. The average Bonchev–Trinajstić information content (AvgIpc) is 2.55. The first-order valence-corrected chi connectivity index (χ1v) is 7.65. The van der Waals surface area contributed by atoms with Crippen LogP contribution in [0.3, 0.4) is 0 Å². The second-order valence-corrected chi connectivity index (χ2v) is 5.73. The number of halogens is 1. The highest BCUT2D eigenvalue weighted by atomic mass is 79.9. The van der Waals surface area contributed by atoms with E-state index in [-0.39, 0.29) is 12.5 Å². The topological polar surface area (TPSA) is 64.6 Å². The number of aryl methyl sites for hydroxylation is 1. The number of methoxy groups -OCH3 is 1. The van der Waals surface area contributed by atoms with Gasteiger partial charge in [-0.25, -0.2) is 0 Å². The molecular formula is C17H16BrNO4. The van der Waals surface area contributed by atoms with E-state index in [1.807, 2.05) is 25.1 Å². The van der Waals surface area contributed by atoms with Crippen LogP contribution < -0.4 is 14.8 Å². The van der Waals surface area contributed by atoms with Crippen LogP contribution in [-0.2, 0) is 4.79 Å². The number of ether oxygens (including phenoxy) is 2. The van der Waals surface area contributed by atoms with Gasteiger partial charge in [0.15, 0.2) is 12.9 Å². The average molecular weight is 378 g/mol. The lowest BCUT2D eigenvalue weighted by molar-refractivity contribution is -0.118. The number of hydrogen-bond acceptors (Lipinski definition) is 4. The summed E-state index contributed by atoms with van der Waals surface area (Å²) < 4.78 is 11.4. The number of benzene rings is 2. The van der Waals surface area contributed by atoms with Gasteiger partial charge in [-0.15, -0.1) is 0 Å². The normalized spacial score (nSPS) is 10.0. The molecule has 0 fully saturated rings. The van der Waals surface area contributed by atoms with Crippen LogP contribution in [0.4, 0.5) is 5.69 Å². The largest absolute Gasteiger partial charge is 0.497 e. The molecule has 2 aromatic carbocycles. The molecule has 120 valence electrons. The summed E-state index contributed by atoms with van der Waals surface area (Å²) in [4.78, 5) is 23.1. The molecule has 0 atom stereocenters. The monoisotopic (exact) mass is 377 g/mol. The van der Waals surface area contributed by atoms with E-state index < -0.39 is 0 Å². The Bertz CT molecular complexity index is 731. The Morgan fingerprint density at radius 1 is 1.26 bits per heavy atom. The van der Waals surface area contributed by atoms with Crippen LogP contribution in [0.5, 0.6) is 11.5 Å². The number of carbonyl (C=O) groups excluding carboxylic acids is 2. The lowest BCUT2D eigenvalue weighted by atomic mass is 10.2. The molecule has 0 unspecified atom stereocenters. The standard InChI is InChI=1S/C17H16BrNO4/c1-11-7-13(18)3-5-15(11)19-17(21)10-23-16-6-4-14(22-2)8-12(16)9-20/h3-9H,10H2,1-2H3,(H,19,21). The third kappa shape index (κ3) is 4.56. The van der Waals surface area contributed by atoms with Crippen molar-refractivity contribution in [3.8, 4) is 11.5 Å². The van der Waals surface area contributed by atoms with Crippen molar-refractivity contribution < 1.29 is 19.1 Å². The van der Waals surface area contributed by atoms with E-state index in [1.165, 1.54) is 7.11 Å². The minimum atomic E-state index is -0.303. The summed E-state index contributed by atoms with van der Waals surface area (Å²) in [6.45, 7) is 1.71. The van der Waals surface area contributed by atoms with Crippen molar-refractivity contribution in [2.75, 3.05) is 19.0 Å². The molecule has 0 aromatic heterocycles. The number of rotatable bonds is 6. The van der Waals surface area contributed by atoms with Crippen LogP contribution in [-0.4, -0.2) is 25.9 Å². The second kappa shape index (κ2) is 7.78. The number of aldehydes is 1. The van der Waals surface area contributed by atoms with Gasteiger partial charge in [0.05, 0.1) is 12.7 Å². The van der Waals surface area contributed by atoms with E-state index in [2.05, 4.69) is 21.2 Å². The fourth-order valence-corrected chi connectivity index (χ4v) is 2.45. The molecule has 0 spiro atoms. The van der Waals surface area contributed by atoms with E-state index in [1.54, 1.807) is 18.2 Å². The summed E-state index contributed by atoms with van der Waals surface area (Å²) in [5.74, 6) is 0.584. The van der Waals surface area contributed by atoms with Crippen LogP contribution in [0, 0.1) is 6.92 Å². The summed E-state index contributed by atoms with van der Waals surface area (Å²) in [7, 11) is 1.51. The van der Waals surface area contributed by atoms with E-state index in [0.717, 1.165) is 10.0 Å². The molecule has 0 bridgehead atoms. The van der Waals surface area contributed by atoms with Crippen molar-refractivity contribution in [3.63, 3.8) is 0 Å². The van der Waals surface area contributed by atoms with Gasteiger partial charge in [-0.3, -0.25) is 9.59 Å². The zero-order valence-corrected chi connectivity index (χ0v) is 14.3. The van der Waals surface area contributed by atoms with Crippen LogP contribution in [0.25, 0.3) is 0 Å². The highest BCUT2D eigenvalue weighted by Gasteiger charge is 2.09. The van der Waals surface area contributed by atoms with Crippen LogP contribution in [0.1, 0.15) is 15.9 Å². The van der Waals surface area contributed by atoms with E-state index in [0.29, 0.717) is 29.0 Å². The highest BCUT2D eigenvalue weighted by molar-refractivity contribution is 9.10. The third-order valence-electron chi connectivity index (χ3n) is 3.17. The van der Waals surface area contributed by atoms with Gasteiger partial charge in [-0.05, 0) is 48.9 Å². The van der Waals surface area contributed by atoms with Crippen LogP contribution in [0.15, 0.2) is 40.9 Å². The summed E-state index contributed by atoms with van der Waals surface area (Å²) in [5, 5.41) is 2.77. The fraction of sp³-hybridized carbons (Fsp3) is 0.176. The first-order chi connectivity index (χ1) is 11.0. The maximum Gasteiger partial charge on any atom is 0.262 e. The van der Waals surface area contributed by atoms with Crippen molar-refractivity contribution in [2.24, 2.45) is 0 Å². The molecule has 2 rings (SSSR count). The first-order valence-electron chi connectivity index (χ1n) is 6.85. The van der Waals surface area contributed by atoms with Crippen molar-refractivity contribution >= 4 is 33.8 Å². The zero-order chi connectivity index (χ0) is 16.8. The molecule has 0 aliphatic heterocycles. The summed E-state index contributed by atoms with van der Waals surface area (Å²) in [6.07, 6.45) is 0.661. The van der Waals surface area contributed by atoms with Crippen molar-refractivity contribution in [3.05, 3.63) is 52.0 Å². The smallest absolute Gasteiger partial charge is 0.262 e. The minimum Gasteiger partial charge on any atom is -0.497 e. The molecule has 5 nitrogen and oxygen atoms in total. The molecule has 6 heteroatoms. The molecular weight excluding hydrogens is 362 g/mol. The van der Waals surface area contributed by atoms with Gasteiger partial charge in [0, 0.05) is 10.2 Å². The Labute approximate surface area is 142 Å². The van der Waals surface area contributed by atoms with Crippen LogP contribution in [0.2, 0.25) is 0 Å². The Morgan fingerprint density at radius 2 is 2.04 bits per heavy atom. The summed E-state index contributed by atoms with van der Waals surface area (Å²) >= 11 is 3.37. The SMILES string of the molecule is COc1ccc(OCC(=O)Nc2ccc(Br)cc2C)c(C=O)c1. The van der Waals surface area contributed by atoms with E-state index >= 15 is 0 Å². The third-order valence-corrected chi connectivity index (χ3v) is 3.66. The van der Waals surface area contributed by atoms with Gasteiger partial charge in [0.25, 0.3) is 5.91 Å². The summed E-state index contributed by atoms with van der Waals surface area (Å²) in [6, 6.07) is 10.4. The van der Waals surface area contributed by atoms with Gasteiger partial charge < -0.3 is 14.8 Å². The van der Waals surface area contributed by atoms with Crippen molar-refractivity contribution in [1.82, 2.24) is 0 Å². The lowest BCUT2D eigenvalue weighted by Gasteiger charge is -2.11. The highest BCUT2D eigenvalue weighted by Crippen LogP contribution is 2.23.